The Hall–Kier alpha value is -1.36. The van der Waals surface area contributed by atoms with Gasteiger partial charge >= 0.3 is 0 Å². The Kier molecular flexibility index (Phi) is 4.30. The lowest BCUT2D eigenvalue weighted by Crippen LogP contribution is -2.19. The molecule has 0 aromatic carbocycles. The second-order valence-electron chi connectivity index (χ2n) is 3.63. The highest BCUT2D eigenvalue weighted by atomic mass is 16.2. The van der Waals surface area contributed by atoms with Gasteiger partial charge in [-0.05, 0) is 26.7 Å². The fourth-order valence-electron chi connectivity index (χ4n) is 1.38. The number of aromatic nitrogens is 2. The third-order valence-electron chi connectivity index (χ3n) is 2.05. The van der Waals surface area contributed by atoms with Crippen LogP contribution in [0.15, 0.2) is 10.9 Å². The normalized spacial score (nSPS) is 12.5. The summed E-state index contributed by atoms with van der Waals surface area (Å²) in [4.78, 5) is 17.9. The first kappa shape index (κ1) is 11.7. The molecule has 1 heterocycles. The summed E-state index contributed by atoms with van der Waals surface area (Å²) in [5.41, 5.74) is -0.153. The monoisotopic (exact) mass is 211 g/mol. The van der Waals surface area contributed by atoms with E-state index in [1.807, 2.05) is 6.92 Å². The van der Waals surface area contributed by atoms with Gasteiger partial charge in [-0.25, -0.2) is 4.98 Å². The molecular formula is C10H17N3O2. The second kappa shape index (κ2) is 5.50. The zero-order valence-electron chi connectivity index (χ0n) is 9.08. The van der Waals surface area contributed by atoms with E-state index in [9.17, 15) is 4.79 Å². The first-order valence-electron chi connectivity index (χ1n) is 5.07. The Morgan fingerprint density at radius 1 is 1.67 bits per heavy atom. The molecule has 0 aliphatic carbocycles. The van der Waals surface area contributed by atoms with Crippen LogP contribution in [0.5, 0.6) is 0 Å². The Morgan fingerprint density at radius 2 is 2.40 bits per heavy atom. The molecule has 5 nitrogen and oxygen atoms in total. The first-order valence-corrected chi connectivity index (χ1v) is 5.07. The first-order chi connectivity index (χ1) is 7.11. The molecule has 0 spiro atoms. The SMILES string of the molecule is Cc1nc(NC(C)CCCO)cc(=O)[nH]1. The third-order valence-corrected chi connectivity index (χ3v) is 2.05. The number of nitrogens with zero attached hydrogens (tertiary/aromatic N) is 1. The van der Waals surface area contributed by atoms with Gasteiger partial charge < -0.3 is 15.4 Å². The summed E-state index contributed by atoms with van der Waals surface area (Å²) in [6.07, 6.45) is 1.60. The van der Waals surface area contributed by atoms with E-state index in [2.05, 4.69) is 15.3 Å². The van der Waals surface area contributed by atoms with Crippen molar-refractivity contribution in [2.45, 2.75) is 32.7 Å². The molecule has 0 radical (unpaired) electrons. The average Bonchev–Trinajstić information content (AvgIpc) is 2.13. The molecule has 84 valence electrons. The van der Waals surface area contributed by atoms with Crippen molar-refractivity contribution in [3.63, 3.8) is 0 Å². The smallest absolute Gasteiger partial charge is 0.252 e. The Bertz CT molecular complexity index is 362. The van der Waals surface area contributed by atoms with E-state index in [-0.39, 0.29) is 18.2 Å². The minimum Gasteiger partial charge on any atom is -0.396 e. The van der Waals surface area contributed by atoms with Gasteiger partial charge in [0.15, 0.2) is 0 Å². The molecular weight excluding hydrogens is 194 g/mol. The molecule has 1 unspecified atom stereocenters. The zero-order chi connectivity index (χ0) is 11.3. The van der Waals surface area contributed by atoms with E-state index in [0.717, 1.165) is 12.8 Å². The number of hydrogen-bond acceptors (Lipinski definition) is 4. The van der Waals surface area contributed by atoms with Gasteiger partial charge in [-0.15, -0.1) is 0 Å². The van der Waals surface area contributed by atoms with Crippen LogP contribution in [-0.4, -0.2) is 27.7 Å². The molecule has 0 bridgehead atoms. The summed E-state index contributed by atoms with van der Waals surface area (Å²) < 4.78 is 0. The van der Waals surface area contributed by atoms with Gasteiger partial charge in [0.25, 0.3) is 5.56 Å². The van der Waals surface area contributed by atoms with Gasteiger partial charge in [-0.3, -0.25) is 4.79 Å². The number of nitrogens with one attached hydrogen (secondary N) is 2. The summed E-state index contributed by atoms with van der Waals surface area (Å²) >= 11 is 0. The number of aliphatic hydroxyl groups is 1. The predicted molar refractivity (Wildman–Crippen MR) is 59.0 cm³/mol. The minimum atomic E-state index is -0.153. The van der Waals surface area contributed by atoms with E-state index in [1.165, 1.54) is 6.07 Å². The highest BCUT2D eigenvalue weighted by Crippen LogP contribution is 2.05. The van der Waals surface area contributed by atoms with Crippen LogP contribution in [-0.2, 0) is 0 Å². The van der Waals surface area contributed by atoms with Gasteiger partial charge in [-0.1, -0.05) is 0 Å². The quantitative estimate of drug-likeness (QED) is 0.668. The zero-order valence-corrected chi connectivity index (χ0v) is 9.08. The summed E-state index contributed by atoms with van der Waals surface area (Å²) in [5.74, 6) is 1.18. The summed E-state index contributed by atoms with van der Waals surface area (Å²) in [5, 5.41) is 11.8. The number of hydrogen-bond donors (Lipinski definition) is 3. The highest BCUT2D eigenvalue weighted by molar-refractivity contribution is 5.33. The van der Waals surface area contributed by atoms with Crippen LogP contribution in [0.3, 0.4) is 0 Å². The van der Waals surface area contributed by atoms with E-state index in [4.69, 9.17) is 5.11 Å². The molecule has 0 saturated heterocycles. The Balaban J connectivity index is 2.60. The van der Waals surface area contributed by atoms with Crippen molar-refractivity contribution in [1.82, 2.24) is 9.97 Å². The minimum absolute atomic E-state index is 0.153. The van der Waals surface area contributed by atoms with Crippen molar-refractivity contribution < 1.29 is 5.11 Å². The van der Waals surface area contributed by atoms with Gasteiger partial charge in [0.2, 0.25) is 0 Å². The van der Waals surface area contributed by atoms with Crippen molar-refractivity contribution in [2.24, 2.45) is 0 Å². The van der Waals surface area contributed by atoms with E-state index < -0.39 is 0 Å². The molecule has 0 amide bonds. The van der Waals surface area contributed by atoms with Gasteiger partial charge in [0.05, 0.1) is 0 Å². The summed E-state index contributed by atoms with van der Waals surface area (Å²) in [6.45, 7) is 3.92. The van der Waals surface area contributed by atoms with Crippen molar-refractivity contribution in [1.29, 1.82) is 0 Å². The number of anilines is 1. The van der Waals surface area contributed by atoms with E-state index in [0.29, 0.717) is 11.6 Å². The fraction of sp³-hybridized carbons (Fsp3) is 0.600. The van der Waals surface area contributed by atoms with E-state index in [1.54, 1.807) is 6.92 Å². The molecule has 5 heteroatoms. The lowest BCUT2D eigenvalue weighted by Gasteiger charge is -2.13. The second-order valence-corrected chi connectivity index (χ2v) is 3.63. The molecule has 1 atom stereocenters. The molecule has 1 rings (SSSR count). The number of aromatic amines is 1. The maximum Gasteiger partial charge on any atom is 0.252 e. The van der Waals surface area contributed by atoms with Crippen LogP contribution < -0.4 is 10.9 Å². The van der Waals surface area contributed by atoms with Gasteiger partial charge in [0.1, 0.15) is 11.6 Å². The van der Waals surface area contributed by atoms with Crippen molar-refractivity contribution in [2.75, 3.05) is 11.9 Å². The van der Waals surface area contributed by atoms with Crippen molar-refractivity contribution >= 4 is 5.82 Å². The largest absolute Gasteiger partial charge is 0.396 e. The standard InChI is InChI=1S/C10H17N3O2/c1-7(4-3-5-14)11-9-6-10(15)13-8(2)12-9/h6-7,14H,3-5H2,1-2H3,(H2,11,12,13,15). The Labute approximate surface area is 88.6 Å². The van der Waals surface area contributed by atoms with E-state index >= 15 is 0 Å². The van der Waals surface area contributed by atoms with Crippen LogP contribution in [0.1, 0.15) is 25.6 Å². The molecule has 1 aromatic heterocycles. The topological polar surface area (TPSA) is 78.0 Å². The molecule has 1 aromatic rings. The number of aliphatic hydroxyl groups excluding tert-OH is 1. The van der Waals surface area contributed by atoms with Crippen LogP contribution in [0.25, 0.3) is 0 Å². The number of aryl methyl sites for hydroxylation is 1. The summed E-state index contributed by atoms with van der Waals surface area (Å²) in [7, 11) is 0. The molecule has 0 saturated carbocycles. The maximum absolute atomic E-state index is 11.1. The Morgan fingerprint density at radius 3 is 3.00 bits per heavy atom. The molecule has 0 aliphatic heterocycles. The fourth-order valence-corrected chi connectivity index (χ4v) is 1.38. The molecule has 0 aliphatic rings. The lowest BCUT2D eigenvalue weighted by atomic mass is 10.2. The van der Waals surface area contributed by atoms with Crippen LogP contribution >= 0.6 is 0 Å². The molecule has 15 heavy (non-hydrogen) atoms. The van der Waals surface area contributed by atoms with Crippen LogP contribution in [0.4, 0.5) is 5.82 Å². The lowest BCUT2D eigenvalue weighted by molar-refractivity contribution is 0.282. The van der Waals surface area contributed by atoms with Crippen LogP contribution in [0.2, 0.25) is 0 Å². The maximum atomic E-state index is 11.1. The van der Waals surface area contributed by atoms with Crippen LogP contribution in [0, 0.1) is 6.92 Å². The van der Waals surface area contributed by atoms with Gasteiger partial charge in [-0.2, -0.15) is 0 Å². The average molecular weight is 211 g/mol. The molecule has 3 N–H and O–H groups in total. The van der Waals surface area contributed by atoms with Crippen molar-refractivity contribution in [3.8, 4) is 0 Å². The summed E-state index contributed by atoms with van der Waals surface area (Å²) in [6, 6.07) is 1.63. The number of H-pyrrole nitrogens is 1. The highest BCUT2D eigenvalue weighted by Gasteiger charge is 2.03. The van der Waals surface area contributed by atoms with Crippen molar-refractivity contribution in [3.05, 3.63) is 22.2 Å². The molecule has 0 fully saturated rings. The predicted octanol–water partition coefficient (Wildman–Crippen LogP) is 0.651. The third kappa shape index (κ3) is 4.12. The van der Waals surface area contributed by atoms with Gasteiger partial charge in [0, 0.05) is 18.7 Å². The number of rotatable bonds is 5.